The zero-order valence-corrected chi connectivity index (χ0v) is 17.6. The maximum Gasteiger partial charge on any atom is 0.241 e. The van der Waals surface area contributed by atoms with Gasteiger partial charge in [-0.2, -0.15) is 0 Å². The van der Waals surface area contributed by atoms with Crippen LogP contribution >= 0.6 is 0 Å². The van der Waals surface area contributed by atoms with Crippen LogP contribution in [0, 0.1) is 0 Å². The van der Waals surface area contributed by atoms with E-state index in [0.29, 0.717) is 11.1 Å². The number of nitrogens with zero attached hydrogens (tertiary/aromatic N) is 2. The summed E-state index contributed by atoms with van der Waals surface area (Å²) in [6.45, 7) is 0.255. The Balaban J connectivity index is 2.11. The minimum atomic E-state index is -0.0534. The molecular formula is C24H31N3O2. The van der Waals surface area contributed by atoms with E-state index in [-0.39, 0.29) is 24.3 Å². The van der Waals surface area contributed by atoms with Crippen molar-refractivity contribution in [3.8, 4) is 0 Å². The first-order valence-electron chi connectivity index (χ1n) is 10.4. The first-order chi connectivity index (χ1) is 14.0. The Labute approximate surface area is 173 Å². The van der Waals surface area contributed by atoms with Crippen LogP contribution < -0.4 is 15.1 Å². The van der Waals surface area contributed by atoms with E-state index in [1.807, 2.05) is 72.4 Å². The molecule has 1 fully saturated rings. The molecule has 0 atom stereocenters. The Bertz CT molecular complexity index is 842. The molecular weight excluding hydrogens is 362 g/mol. The number of likely N-dealkylation sites (N-methyl/N-ethyl adjacent to an activating group) is 1. The van der Waals surface area contributed by atoms with Crippen molar-refractivity contribution in [1.82, 2.24) is 5.32 Å². The minimum absolute atomic E-state index is 0.0131. The van der Waals surface area contributed by atoms with E-state index in [1.54, 1.807) is 7.05 Å². The van der Waals surface area contributed by atoms with E-state index in [0.717, 1.165) is 37.1 Å². The monoisotopic (exact) mass is 393 g/mol. The molecule has 2 aromatic carbocycles. The summed E-state index contributed by atoms with van der Waals surface area (Å²) in [7, 11) is 5.69. The predicted octanol–water partition coefficient (Wildman–Crippen LogP) is 3.87. The molecule has 3 rings (SSSR count). The molecule has 5 nitrogen and oxygen atoms in total. The summed E-state index contributed by atoms with van der Waals surface area (Å²) in [6.07, 6.45) is 5.39. The lowest BCUT2D eigenvalue weighted by atomic mass is 9.92. The second kappa shape index (κ2) is 9.70. The highest BCUT2D eigenvalue weighted by Gasteiger charge is 2.30. The third-order valence-electron chi connectivity index (χ3n) is 5.57. The van der Waals surface area contributed by atoms with Gasteiger partial charge in [-0.05, 0) is 38.1 Å². The van der Waals surface area contributed by atoms with E-state index in [4.69, 9.17) is 0 Å². The van der Waals surface area contributed by atoms with Gasteiger partial charge in [0.25, 0.3) is 0 Å². The lowest BCUT2D eigenvalue weighted by Gasteiger charge is -2.36. The van der Waals surface area contributed by atoms with Crippen molar-refractivity contribution in [1.29, 1.82) is 0 Å². The summed E-state index contributed by atoms with van der Waals surface area (Å²) in [6, 6.07) is 15.3. The number of hydrogen-bond donors (Lipinski definition) is 1. The molecule has 1 saturated carbocycles. The van der Waals surface area contributed by atoms with Crippen LogP contribution in [0.4, 0.5) is 11.4 Å². The molecule has 1 aliphatic rings. The Morgan fingerprint density at radius 2 is 1.69 bits per heavy atom. The summed E-state index contributed by atoms with van der Waals surface area (Å²) >= 11 is 0. The van der Waals surface area contributed by atoms with Crippen molar-refractivity contribution in [2.75, 3.05) is 37.5 Å². The number of nitrogens with one attached hydrogen (secondary N) is 1. The normalized spacial score (nSPS) is 14.4. The number of rotatable bonds is 7. The van der Waals surface area contributed by atoms with Gasteiger partial charge in [-0.3, -0.25) is 9.59 Å². The Morgan fingerprint density at radius 3 is 2.31 bits per heavy atom. The lowest BCUT2D eigenvalue weighted by Crippen LogP contribution is -2.46. The largest absolute Gasteiger partial charge is 0.378 e. The second-order valence-corrected chi connectivity index (χ2v) is 7.88. The molecule has 0 radical (unpaired) electrons. The quantitative estimate of drug-likeness (QED) is 0.726. The molecule has 0 aliphatic heterocycles. The Kier molecular flexibility index (Phi) is 7.04. The smallest absolute Gasteiger partial charge is 0.241 e. The highest BCUT2D eigenvalue weighted by molar-refractivity contribution is 6.15. The van der Waals surface area contributed by atoms with Crippen molar-refractivity contribution >= 4 is 23.1 Å². The van der Waals surface area contributed by atoms with E-state index in [2.05, 4.69) is 5.32 Å². The van der Waals surface area contributed by atoms with Crippen molar-refractivity contribution in [2.45, 2.75) is 38.1 Å². The maximum absolute atomic E-state index is 13.4. The topological polar surface area (TPSA) is 52.7 Å². The summed E-state index contributed by atoms with van der Waals surface area (Å²) in [5, 5.41) is 2.98. The van der Waals surface area contributed by atoms with Crippen molar-refractivity contribution in [3.63, 3.8) is 0 Å². The van der Waals surface area contributed by atoms with Gasteiger partial charge in [-0.25, -0.2) is 0 Å². The van der Waals surface area contributed by atoms with Crippen LogP contribution in [0.25, 0.3) is 0 Å². The molecule has 0 bridgehead atoms. The van der Waals surface area contributed by atoms with Crippen LogP contribution in [-0.4, -0.2) is 45.4 Å². The highest BCUT2D eigenvalue weighted by Crippen LogP contribution is 2.33. The fourth-order valence-electron chi connectivity index (χ4n) is 4.05. The van der Waals surface area contributed by atoms with Gasteiger partial charge < -0.3 is 15.1 Å². The van der Waals surface area contributed by atoms with Gasteiger partial charge >= 0.3 is 0 Å². The van der Waals surface area contributed by atoms with Crippen LogP contribution in [0.15, 0.2) is 48.5 Å². The molecule has 1 N–H and O–H groups in total. The Hall–Kier alpha value is -2.66. The zero-order chi connectivity index (χ0) is 20.8. The Morgan fingerprint density at radius 1 is 1.00 bits per heavy atom. The first kappa shape index (κ1) is 21.1. The predicted molar refractivity (Wildman–Crippen MR) is 119 cm³/mol. The summed E-state index contributed by atoms with van der Waals surface area (Å²) in [4.78, 5) is 30.4. The molecule has 1 aliphatic carbocycles. The van der Waals surface area contributed by atoms with Gasteiger partial charge in [0.05, 0.1) is 12.2 Å². The number of hydrogen-bond acceptors (Lipinski definition) is 4. The second-order valence-electron chi connectivity index (χ2n) is 7.88. The van der Waals surface area contributed by atoms with Gasteiger partial charge in [0, 0.05) is 37.0 Å². The molecule has 0 aromatic heterocycles. The van der Waals surface area contributed by atoms with E-state index in [1.165, 1.54) is 6.42 Å². The molecule has 0 unspecified atom stereocenters. The number of amides is 1. The van der Waals surface area contributed by atoms with Crippen molar-refractivity contribution in [2.24, 2.45) is 0 Å². The fraction of sp³-hybridized carbons (Fsp3) is 0.417. The van der Waals surface area contributed by atoms with Crippen LogP contribution in [-0.2, 0) is 4.79 Å². The van der Waals surface area contributed by atoms with Crippen LogP contribution in [0.5, 0.6) is 0 Å². The molecule has 5 heteroatoms. The number of ketones is 1. The average molecular weight is 394 g/mol. The van der Waals surface area contributed by atoms with E-state index < -0.39 is 0 Å². The minimum Gasteiger partial charge on any atom is -0.378 e. The lowest BCUT2D eigenvalue weighted by molar-refractivity contribution is -0.118. The average Bonchev–Trinajstić information content (AvgIpc) is 2.75. The molecule has 0 saturated heterocycles. The summed E-state index contributed by atoms with van der Waals surface area (Å²) in [5.74, 6) is -0.0403. The third kappa shape index (κ3) is 4.85. The number of carbonyl (C=O) groups excluding carboxylic acids is 2. The van der Waals surface area contributed by atoms with Gasteiger partial charge in [-0.1, -0.05) is 49.6 Å². The number of benzene rings is 2. The first-order valence-corrected chi connectivity index (χ1v) is 10.4. The standard InChI is InChI=1S/C24H31N3O2/c1-25-17-23(28)27(19-12-8-5-9-13-19)22-15-14-20(26(2)3)16-21(22)24(29)18-10-6-4-7-11-18/h4,6-7,10-11,14-16,19,25H,5,8-9,12-13,17H2,1-3H3. The van der Waals surface area contributed by atoms with Crippen LogP contribution in [0.1, 0.15) is 48.0 Å². The van der Waals surface area contributed by atoms with Crippen LogP contribution in [0.3, 0.4) is 0 Å². The molecule has 1 amide bonds. The van der Waals surface area contributed by atoms with E-state index in [9.17, 15) is 9.59 Å². The summed E-state index contributed by atoms with van der Waals surface area (Å²) in [5.41, 5.74) is 2.88. The van der Waals surface area contributed by atoms with Crippen molar-refractivity contribution in [3.05, 3.63) is 59.7 Å². The molecule has 154 valence electrons. The third-order valence-corrected chi connectivity index (χ3v) is 5.57. The van der Waals surface area contributed by atoms with Crippen LogP contribution in [0.2, 0.25) is 0 Å². The number of anilines is 2. The maximum atomic E-state index is 13.4. The molecule has 0 spiro atoms. The van der Waals surface area contributed by atoms with Gasteiger partial charge in [0.2, 0.25) is 5.91 Å². The van der Waals surface area contributed by atoms with Gasteiger partial charge in [0.1, 0.15) is 0 Å². The molecule has 29 heavy (non-hydrogen) atoms. The van der Waals surface area contributed by atoms with Gasteiger partial charge in [-0.15, -0.1) is 0 Å². The van der Waals surface area contributed by atoms with Crippen molar-refractivity contribution < 1.29 is 9.59 Å². The zero-order valence-electron chi connectivity index (χ0n) is 17.6. The highest BCUT2D eigenvalue weighted by atomic mass is 16.2. The SMILES string of the molecule is CNCC(=O)N(c1ccc(N(C)C)cc1C(=O)c1ccccc1)C1CCCCC1. The van der Waals surface area contributed by atoms with E-state index >= 15 is 0 Å². The fourth-order valence-corrected chi connectivity index (χ4v) is 4.05. The number of carbonyl (C=O) groups is 2. The molecule has 0 heterocycles. The van der Waals surface area contributed by atoms with Gasteiger partial charge in [0.15, 0.2) is 5.78 Å². The molecule has 2 aromatic rings. The summed E-state index contributed by atoms with van der Waals surface area (Å²) < 4.78 is 0.